The second kappa shape index (κ2) is 6.53. The van der Waals surface area contributed by atoms with Gasteiger partial charge in [-0.2, -0.15) is 0 Å². The molecule has 2 heterocycles. The van der Waals surface area contributed by atoms with Crippen LogP contribution in [0.1, 0.15) is 31.2 Å². The molecule has 4 nitrogen and oxygen atoms in total. The molecule has 19 heavy (non-hydrogen) atoms. The molecule has 2 rings (SSSR count). The zero-order chi connectivity index (χ0) is 13.8. The molecule has 0 amide bonds. The summed E-state index contributed by atoms with van der Waals surface area (Å²) in [5, 5.41) is 0.570. The highest BCUT2D eigenvalue weighted by atomic mass is 35.5. The van der Waals surface area contributed by atoms with Crippen LogP contribution in [0.15, 0.2) is 0 Å². The van der Waals surface area contributed by atoms with Crippen molar-refractivity contribution in [3.05, 3.63) is 16.5 Å². The Morgan fingerprint density at radius 1 is 1.32 bits per heavy atom. The van der Waals surface area contributed by atoms with Crippen LogP contribution >= 0.6 is 11.6 Å². The highest BCUT2D eigenvalue weighted by Crippen LogP contribution is 2.25. The molecule has 1 aromatic rings. The molecule has 0 N–H and O–H groups in total. The van der Waals surface area contributed by atoms with Crippen molar-refractivity contribution in [3.63, 3.8) is 0 Å². The molecule has 0 atom stereocenters. The lowest BCUT2D eigenvalue weighted by atomic mass is 10.00. The smallest absolute Gasteiger partial charge is 0.137 e. The monoisotopic (exact) mass is 283 g/mol. The average Bonchev–Trinajstić information content (AvgIpc) is 2.42. The summed E-state index contributed by atoms with van der Waals surface area (Å²) in [5.74, 6) is 2.45. The number of ether oxygens (including phenoxy) is 1. The number of halogens is 1. The molecule has 106 valence electrons. The third kappa shape index (κ3) is 3.57. The van der Waals surface area contributed by atoms with E-state index in [4.69, 9.17) is 16.3 Å². The van der Waals surface area contributed by atoms with E-state index in [-0.39, 0.29) is 0 Å². The molecule has 1 fully saturated rings. The maximum absolute atomic E-state index is 6.19. The molecule has 1 saturated heterocycles. The molecule has 0 radical (unpaired) electrons. The molecule has 0 bridgehead atoms. The van der Waals surface area contributed by atoms with Crippen molar-refractivity contribution in [1.29, 1.82) is 0 Å². The van der Waals surface area contributed by atoms with E-state index in [0.717, 1.165) is 56.2 Å². The topological polar surface area (TPSA) is 38.2 Å². The van der Waals surface area contributed by atoms with Crippen LogP contribution in [0.25, 0.3) is 0 Å². The molecule has 0 aromatic carbocycles. The Hall–Kier alpha value is -0.870. The van der Waals surface area contributed by atoms with Crippen molar-refractivity contribution in [3.8, 4) is 0 Å². The minimum absolute atomic E-state index is 0.570. The number of anilines is 1. The van der Waals surface area contributed by atoms with Gasteiger partial charge in [-0.05, 0) is 25.7 Å². The van der Waals surface area contributed by atoms with Crippen molar-refractivity contribution >= 4 is 17.4 Å². The van der Waals surface area contributed by atoms with Gasteiger partial charge in [0.2, 0.25) is 0 Å². The van der Waals surface area contributed by atoms with Gasteiger partial charge >= 0.3 is 0 Å². The summed E-state index contributed by atoms with van der Waals surface area (Å²) in [6, 6.07) is 0. The molecule has 5 heteroatoms. The molecule has 0 spiro atoms. The number of aromatic nitrogens is 2. The Bertz CT molecular complexity index is 433. The van der Waals surface area contributed by atoms with Gasteiger partial charge in [0.1, 0.15) is 16.8 Å². The van der Waals surface area contributed by atoms with Crippen LogP contribution < -0.4 is 4.90 Å². The predicted molar refractivity (Wildman–Crippen MR) is 78.0 cm³/mol. The zero-order valence-electron chi connectivity index (χ0n) is 11.9. The van der Waals surface area contributed by atoms with Gasteiger partial charge in [-0.25, -0.2) is 9.97 Å². The van der Waals surface area contributed by atoms with E-state index in [0.29, 0.717) is 11.1 Å². The SMILES string of the molecule is CCc1nc(Cl)c(C)c(N(C)CC2CCOCC2)n1. The molecule has 1 aliphatic rings. The Morgan fingerprint density at radius 2 is 2.00 bits per heavy atom. The van der Waals surface area contributed by atoms with Gasteiger partial charge in [-0.15, -0.1) is 0 Å². The first-order valence-corrected chi connectivity index (χ1v) is 7.31. The minimum atomic E-state index is 0.570. The van der Waals surface area contributed by atoms with Crippen molar-refractivity contribution in [1.82, 2.24) is 9.97 Å². The predicted octanol–water partition coefficient (Wildman–Crippen LogP) is 2.86. The second-order valence-electron chi connectivity index (χ2n) is 5.17. The van der Waals surface area contributed by atoms with Gasteiger partial charge in [0.15, 0.2) is 0 Å². The molecule has 0 saturated carbocycles. The quantitative estimate of drug-likeness (QED) is 0.797. The summed E-state index contributed by atoms with van der Waals surface area (Å²) in [5.41, 5.74) is 0.966. The third-order valence-corrected chi connectivity index (χ3v) is 4.03. The second-order valence-corrected chi connectivity index (χ2v) is 5.53. The highest BCUT2D eigenvalue weighted by molar-refractivity contribution is 6.30. The van der Waals surface area contributed by atoms with Crippen molar-refractivity contribution in [2.45, 2.75) is 33.1 Å². The van der Waals surface area contributed by atoms with Crippen LogP contribution in [0.5, 0.6) is 0 Å². The van der Waals surface area contributed by atoms with Crippen LogP contribution in [0, 0.1) is 12.8 Å². The lowest BCUT2D eigenvalue weighted by Crippen LogP contribution is -2.30. The first-order valence-electron chi connectivity index (χ1n) is 6.93. The lowest BCUT2D eigenvalue weighted by Gasteiger charge is -2.28. The summed E-state index contributed by atoms with van der Waals surface area (Å²) in [7, 11) is 2.08. The Morgan fingerprint density at radius 3 is 2.63 bits per heavy atom. The molecule has 1 aromatic heterocycles. The van der Waals surface area contributed by atoms with Gasteiger partial charge < -0.3 is 9.64 Å². The number of nitrogens with zero attached hydrogens (tertiary/aromatic N) is 3. The van der Waals surface area contributed by atoms with Crippen molar-refractivity contribution < 1.29 is 4.74 Å². The van der Waals surface area contributed by atoms with Crippen LogP contribution in [0.2, 0.25) is 5.15 Å². The summed E-state index contributed by atoms with van der Waals surface area (Å²) in [4.78, 5) is 11.1. The minimum Gasteiger partial charge on any atom is -0.381 e. The van der Waals surface area contributed by atoms with Crippen LogP contribution in [0.4, 0.5) is 5.82 Å². The molecule has 0 unspecified atom stereocenters. The lowest BCUT2D eigenvalue weighted by molar-refractivity contribution is 0.0685. The number of hydrogen-bond acceptors (Lipinski definition) is 4. The van der Waals surface area contributed by atoms with Gasteiger partial charge in [-0.3, -0.25) is 0 Å². The van der Waals surface area contributed by atoms with E-state index in [1.807, 2.05) is 13.8 Å². The van der Waals surface area contributed by atoms with Crippen molar-refractivity contribution in [2.24, 2.45) is 5.92 Å². The normalized spacial score (nSPS) is 16.6. The summed E-state index contributed by atoms with van der Waals surface area (Å²) < 4.78 is 5.40. The van der Waals surface area contributed by atoms with E-state index in [9.17, 15) is 0 Å². The van der Waals surface area contributed by atoms with E-state index >= 15 is 0 Å². The Labute approximate surface area is 120 Å². The number of hydrogen-bond donors (Lipinski definition) is 0. The molecular formula is C14H22ClN3O. The summed E-state index contributed by atoms with van der Waals surface area (Å²) in [6.07, 6.45) is 3.06. The fraction of sp³-hybridized carbons (Fsp3) is 0.714. The fourth-order valence-corrected chi connectivity index (χ4v) is 2.64. The van der Waals surface area contributed by atoms with Gasteiger partial charge in [-0.1, -0.05) is 18.5 Å². The first kappa shape index (κ1) is 14.5. The van der Waals surface area contributed by atoms with E-state index in [1.165, 1.54) is 0 Å². The van der Waals surface area contributed by atoms with E-state index in [1.54, 1.807) is 0 Å². The molecule has 0 aliphatic carbocycles. The standard InChI is InChI=1S/C14H22ClN3O/c1-4-12-16-13(15)10(2)14(17-12)18(3)9-11-5-7-19-8-6-11/h11H,4-9H2,1-3H3. The third-order valence-electron chi connectivity index (χ3n) is 3.66. The van der Waals surface area contributed by atoms with Crippen molar-refractivity contribution in [2.75, 3.05) is 31.7 Å². The zero-order valence-corrected chi connectivity index (χ0v) is 12.7. The maximum atomic E-state index is 6.19. The summed E-state index contributed by atoms with van der Waals surface area (Å²) >= 11 is 6.19. The Kier molecular flexibility index (Phi) is 4.99. The summed E-state index contributed by atoms with van der Waals surface area (Å²) in [6.45, 7) is 6.78. The van der Waals surface area contributed by atoms with Crippen LogP contribution in [-0.4, -0.2) is 36.8 Å². The van der Waals surface area contributed by atoms with Crippen LogP contribution in [-0.2, 0) is 11.2 Å². The average molecular weight is 284 g/mol. The van der Waals surface area contributed by atoms with Crippen LogP contribution in [0.3, 0.4) is 0 Å². The van der Waals surface area contributed by atoms with Gasteiger partial charge in [0, 0.05) is 38.8 Å². The van der Waals surface area contributed by atoms with Gasteiger partial charge in [0.05, 0.1) is 0 Å². The molecular weight excluding hydrogens is 262 g/mol. The first-order chi connectivity index (χ1) is 9.11. The highest BCUT2D eigenvalue weighted by Gasteiger charge is 2.19. The molecule has 1 aliphatic heterocycles. The van der Waals surface area contributed by atoms with Gasteiger partial charge in [0.25, 0.3) is 0 Å². The van der Waals surface area contributed by atoms with E-state index < -0.39 is 0 Å². The number of rotatable bonds is 4. The Balaban J connectivity index is 2.13. The number of aryl methyl sites for hydroxylation is 1. The van der Waals surface area contributed by atoms with E-state index in [2.05, 4.69) is 21.9 Å². The maximum Gasteiger partial charge on any atom is 0.137 e. The fourth-order valence-electron chi connectivity index (χ4n) is 2.45. The largest absolute Gasteiger partial charge is 0.381 e.